The van der Waals surface area contributed by atoms with Crippen molar-refractivity contribution < 1.29 is 18.9 Å². The smallest absolute Gasteiger partial charge is 0.189 e. The quantitative estimate of drug-likeness (QED) is 0.132. The first-order chi connectivity index (χ1) is 17.4. The lowest BCUT2D eigenvalue weighted by atomic mass is 10.2. The Bertz CT molecular complexity index is 956. The molecule has 0 fully saturated rings. The first-order valence-corrected chi connectivity index (χ1v) is 28.2. The van der Waals surface area contributed by atoms with E-state index in [2.05, 4.69) is 90.7 Å². The van der Waals surface area contributed by atoms with Crippen LogP contribution in [0, 0.1) is 0 Å². The normalized spacial score (nSPS) is 13.1. The summed E-state index contributed by atoms with van der Waals surface area (Å²) in [6.45, 7) is 29.9. The molecule has 0 aromatic carbocycles. The molecule has 0 amide bonds. The number of hydrogen-bond donors (Lipinski definition) is 0. The van der Waals surface area contributed by atoms with Crippen LogP contribution < -0.4 is 19.8 Å². The second kappa shape index (κ2) is 13.4. The largest absolute Gasteiger partial charge is 0.465 e. The van der Waals surface area contributed by atoms with Crippen LogP contribution in [0.25, 0.3) is 11.4 Å². The van der Waals surface area contributed by atoms with E-state index in [-0.39, 0.29) is 13.6 Å². The summed E-state index contributed by atoms with van der Waals surface area (Å²) >= 11 is 0. The van der Waals surface area contributed by atoms with Gasteiger partial charge in [0.2, 0.25) is 0 Å². The average molecular weight is 593 g/mol. The van der Waals surface area contributed by atoms with Gasteiger partial charge in [-0.2, -0.15) is 0 Å². The van der Waals surface area contributed by atoms with E-state index in [0.29, 0.717) is 13.2 Å². The number of rotatable bonds is 15. The van der Waals surface area contributed by atoms with E-state index >= 15 is 0 Å². The summed E-state index contributed by atoms with van der Waals surface area (Å²) in [5.74, 6) is 1.54. The average Bonchev–Trinajstić information content (AvgIpc) is 2.75. The van der Waals surface area contributed by atoms with Crippen LogP contribution in [0.5, 0.6) is 11.5 Å². The molecule has 0 unspecified atom stereocenters. The Kier molecular flexibility index (Phi) is 11.6. The van der Waals surface area contributed by atoms with Crippen LogP contribution >= 0.6 is 0 Å². The van der Waals surface area contributed by atoms with E-state index in [4.69, 9.17) is 28.9 Å². The molecule has 2 aromatic rings. The highest BCUT2D eigenvalue weighted by atomic mass is 28.3. The first kappa shape index (κ1) is 32.9. The van der Waals surface area contributed by atoms with E-state index in [1.54, 1.807) is 0 Å². The molecular formula is C28H52N2O4Si4. The van der Waals surface area contributed by atoms with Gasteiger partial charge in [0.05, 0.1) is 16.1 Å². The van der Waals surface area contributed by atoms with Crippen LogP contribution in [0.15, 0.2) is 24.5 Å². The standard InChI is InChI=1S/C28H52N2O4Si4/c1-35(2,3)19-17-31-21-33-27-23(37(7,8)9)13-15-29-25(27)26-28(24(14-16-30-26)38(10,11)12)34-22-32-18-20-36(4,5)6/h13-16H,17-22H2,1-12H3. The van der Waals surface area contributed by atoms with Crippen molar-refractivity contribution in [1.82, 2.24) is 9.97 Å². The minimum Gasteiger partial charge on any atom is -0.465 e. The van der Waals surface area contributed by atoms with Gasteiger partial charge in [0.15, 0.2) is 13.6 Å². The Hall–Kier alpha value is -1.31. The number of hydrogen-bond acceptors (Lipinski definition) is 6. The number of pyridine rings is 2. The lowest BCUT2D eigenvalue weighted by molar-refractivity contribution is 0.0214. The molecule has 0 aliphatic heterocycles. The monoisotopic (exact) mass is 592 g/mol. The summed E-state index contributed by atoms with van der Waals surface area (Å²) < 4.78 is 24.6. The predicted octanol–water partition coefficient (Wildman–Crippen LogP) is 6.62. The van der Waals surface area contributed by atoms with E-state index in [9.17, 15) is 0 Å². The Morgan fingerprint density at radius 3 is 1.18 bits per heavy atom. The Balaban J connectivity index is 2.46. The van der Waals surface area contributed by atoms with E-state index < -0.39 is 32.3 Å². The van der Waals surface area contributed by atoms with Gasteiger partial charge in [-0.15, -0.1) is 0 Å². The zero-order valence-corrected chi connectivity index (χ0v) is 30.1. The SMILES string of the molecule is C[Si](C)(C)CCOCOc1c([Si](C)(C)C)ccnc1-c1nccc([Si](C)(C)C)c1OCOCC[Si](C)(C)C. The lowest BCUT2D eigenvalue weighted by Crippen LogP contribution is -2.40. The Labute approximate surface area is 235 Å². The molecular weight excluding hydrogens is 541 g/mol. The van der Waals surface area contributed by atoms with Gasteiger partial charge in [0.25, 0.3) is 0 Å². The van der Waals surface area contributed by atoms with Crippen LogP contribution in [-0.4, -0.2) is 69.1 Å². The van der Waals surface area contributed by atoms with Gasteiger partial charge in [-0.3, -0.25) is 9.97 Å². The van der Waals surface area contributed by atoms with Crippen molar-refractivity contribution in [3.63, 3.8) is 0 Å². The highest BCUT2D eigenvalue weighted by Gasteiger charge is 2.30. The van der Waals surface area contributed by atoms with Crippen LogP contribution in [-0.2, 0) is 9.47 Å². The third-order valence-corrected chi connectivity index (χ3v) is 13.6. The Morgan fingerprint density at radius 1 is 0.553 bits per heavy atom. The first-order valence-electron chi connectivity index (χ1n) is 13.8. The molecule has 2 rings (SSSR count). The molecule has 214 valence electrons. The van der Waals surface area contributed by atoms with Crippen molar-refractivity contribution in [3.8, 4) is 22.9 Å². The van der Waals surface area contributed by atoms with Crippen molar-refractivity contribution in [1.29, 1.82) is 0 Å². The van der Waals surface area contributed by atoms with Gasteiger partial charge in [-0.05, 0) is 34.6 Å². The fourth-order valence-electron chi connectivity index (χ4n) is 3.78. The molecule has 0 atom stereocenters. The van der Waals surface area contributed by atoms with Crippen molar-refractivity contribution in [2.24, 2.45) is 0 Å². The van der Waals surface area contributed by atoms with Crippen molar-refractivity contribution >= 4 is 42.7 Å². The summed E-state index contributed by atoms with van der Waals surface area (Å²) in [6, 6.07) is 6.39. The second-order valence-corrected chi connectivity index (χ2v) is 35.9. The molecule has 0 aliphatic rings. The minimum atomic E-state index is -1.76. The maximum Gasteiger partial charge on any atom is 0.189 e. The van der Waals surface area contributed by atoms with Gasteiger partial charge in [0, 0.05) is 41.8 Å². The van der Waals surface area contributed by atoms with Crippen molar-refractivity contribution in [2.45, 2.75) is 90.7 Å². The number of nitrogens with zero attached hydrogens (tertiary/aromatic N) is 2. The van der Waals surface area contributed by atoms with E-state index in [1.165, 1.54) is 10.4 Å². The fourth-order valence-corrected chi connectivity index (χ4v) is 8.19. The van der Waals surface area contributed by atoms with Crippen LogP contribution in [0.1, 0.15) is 0 Å². The van der Waals surface area contributed by atoms with Crippen molar-refractivity contribution in [2.75, 3.05) is 26.8 Å². The highest BCUT2D eigenvalue weighted by Crippen LogP contribution is 2.33. The van der Waals surface area contributed by atoms with Gasteiger partial charge >= 0.3 is 0 Å². The number of aromatic nitrogens is 2. The molecule has 0 saturated heterocycles. The molecule has 0 saturated carbocycles. The maximum absolute atomic E-state index is 6.38. The van der Waals surface area contributed by atoms with Crippen LogP contribution in [0.3, 0.4) is 0 Å². The molecule has 0 radical (unpaired) electrons. The molecule has 38 heavy (non-hydrogen) atoms. The lowest BCUT2D eigenvalue weighted by Gasteiger charge is -2.26. The second-order valence-electron chi connectivity index (χ2n) is 14.5. The summed E-state index contributed by atoms with van der Waals surface area (Å²) in [5.41, 5.74) is 1.44. The summed E-state index contributed by atoms with van der Waals surface area (Å²) in [6.07, 6.45) is 3.75. The molecule has 0 spiro atoms. The molecule has 2 heterocycles. The summed E-state index contributed by atoms with van der Waals surface area (Å²) in [4.78, 5) is 9.62. The molecule has 2 aromatic heterocycles. The van der Waals surface area contributed by atoms with Crippen LogP contribution in [0.2, 0.25) is 90.7 Å². The predicted molar refractivity (Wildman–Crippen MR) is 173 cm³/mol. The zero-order chi connectivity index (χ0) is 28.8. The van der Waals surface area contributed by atoms with Gasteiger partial charge in [0.1, 0.15) is 22.9 Å². The maximum atomic E-state index is 6.38. The van der Waals surface area contributed by atoms with Gasteiger partial charge in [-0.25, -0.2) is 0 Å². The molecule has 0 N–H and O–H groups in total. The molecule has 0 aliphatic carbocycles. The Morgan fingerprint density at radius 2 is 0.895 bits per heavy atom. The number of ether oxygens (including phenoxy) is 4. The van der Waals surface area contributed by atoms with Crippen molar-refractivity contribution in [3.05, 3.63) is 24.5 Å². The molecule has 0 bridgehead atoms. The van der Waals surface area contributed by atoms with Crippen LogP contribution in [0.4, 0.5) is 0 Å². The van der Waals surface area contributed by atoms with E-state index in [1.807, 2.05) is 12.4 Å². The third-order valence-electron chi connectivity index (χ3n) is 6.22. The molecule has 10 heteroatoms. The van der Waals surface area contributed by atoms with Gasteiger partial charge in [-0.1, -0.05) is 78.6 Å². The van der Waals surface area contributed by atoms with Gasteiger partial charge < -0.3 is 18.9 Å². The molecule has 6 nitrogen and oxygen atoms in total. The summed E-state index contributed by atoms with van der Waals surface area (Å²) in [5, 5.41) is 2.41. The summed E-state index contributed by atoms with van der Waals surface area (Å²) in [7, 11) is -5.85. The fraction of sp³-hybridized carbons (Fsp3) is 0.643. The topological polar surface area (TPSA) is 62.7 Å². The highest BCUT2D eigenvalue weighted by molar-refractivity contribution is 6.90. The minimum absolute atomic E-state index is 0.199. The zero-order valence-electron chi connectivity index (χ0n) is 26.1. The third kappa shape index (κ3) is 10.7. The van der Waals surface area contributed by atoms with E-state index in [0.717, 1.165) is 35.0 Å².